The van der Waals surface area contributed by atoms with Crippen LogP contribution in [0.25, 0.3) is 0 Å². The van der Waals surface area contributed by atoms with Gasteiger partial charge >= 0.3 is 0 Å². The number of nitrogens with zero attached hydrogens (tertiary/aromatic N) is 1. The van der Waals surface area contributed by atoms with E-state index in [-0.39, 0.29) is 35.1 Å². The average molecular weight is 383 g/mol. The Morgan fingerprint density at radius 2 is 1.79 bits per heavy atom. The molecule has 0 unspecified atom stereocenters. The molecule has 28 heavy (non-hydrogen) atoms. The highest BCUT2D eigenvalue weighted by atomic mass is 16.2. The van der Waals surface area contributed by atoms with E-state index in [0.29, 0.717) is 30.8 Å². The van der Waals surface area contributed by atoms with Crippen LogP contribution in [0.3, 0.4) is 0 Å². The smallest absolute Gasteiger partial charge is 0.226 e. The lowest BCUT2D eigenvalue weighted by Crippen LogP contribution is -2.62. The monoisotopic (exact) mass is 382 g/mol. The molecule has 3 fully saturated rings. The molecule has 1 N–H and O–H groups in total. The summed E-state index contributed by atoms with van der Waals surface area (Å²) in [7, 11) is 0. The lowest BCUT2D eigenvalue weighted by molar-refractivity contribution is -0.143. The second kappa shape index (κ2) is 7.20. The number of amides is 2. The standard InChI is InChI=1S/C24H34N2O2/c1-15(2)18-11-8-12-19(18)23(28)26-13-17(14-26)25-22(27)21-20(24(21,3)4)16-9-6-5-7-10-16/h5-7,9-10,15,17-21H,8,11-14H2,1-4H3,(H,25,27)/t18-,19+,20+,21-/m0/s1. The van der Waals surface area contributed by atoms with Crippen LogP contribution >= 0.6 is 0 Å². The van der Waals surface area contributed by atoms with Gasteiger partial charge in [0.1, 0.15) is 0 Å². The van der Waals surface area contributed by atoms with Gasteiger partial charge in [-0.25, -0.2) is 0 Å². The first-order valence-corrected chi connectivity index (χ1v) is 10.9. The van der Waals surface area contributed by atoms with E-state index in [1.807, 2.05) is 23.1 Å². The van der Waals surface area contributed by atoms with Crippen molar-refractivity contribution in [1.82, 2.24) is 10.2 Å². The number of benzene rings is 1. The molecule has 4 nitrogen and oxygen atoms in total. The molecule has 4 rings (SSSR count). The van der Waals surface area contributed by atoms with Crippen LogP contribution in [-0.2, 0) is 9.59 Å². The van der Waals surface area contributed by atoms with Gasteiger partial charge in [0.05, 0.1) is 12.0 Å². The van der Waals surface area contributed by atoms with Gasteiger partial charge in [-0.15, -0.1) is 0 Å². The van der Waals surface area contributed by atoms with Gasteiger partial charge in [0.2, 0.25) is 11.8 Å². The van der Waals surface area contributed by atoms with Gasteiger partial charge < -0.3 is 10.2 Å². The maximum absolute atomic E-state index is 12.9. The number of nitrogens with one attached hydrogen (secondary N) is 1. The fourth-order valence-corrected chi connectivity index (χ4v) is 5.78. The van der Waals surface area contributed by atoms with Crippen molar-refractivity contribution < 1.29 is 9.59 Å². The Balaban J connectivity index is 1.29. The first-order valence-electron chi connectivity index (χ1n) is 10.9. The van der Waals surface area contributed by atoms with Crippen molar-refractivity contribution in [3.8, 4) is 0 Å². The van der Waals surface area contributed by atoms with Gasteiger partial charge in [-0.1, -0.05) is 64.4 Å². The van der Waals surface area contributed by atoms with Crippen LogP contribution in [0.5, 0.6) is 0 Å². The van der Waals surface area contributed by atoms with Crippen molar-refractivity contribution in [2.45, 2.75) is 58.9 Å². The fraction of sp³-hybridized carbons (Fsp3) is 0.667. The van der Waals surface area contributed by atoms with Crippen molar-refractivity contribution in [1.29, 1.82) is 0 Å². The van der Waals surface area contributed by atoms with Crippen LogP contribution in [0.15, 0.2) is 30.3 Å². The summed E-state index contributed by atoms with van der Waals surface area (Å²) < 4.78 is 0. The van der Waals surface area contributed by atoms with Gasteiger partial charge in [-0.3, -0.25) is 9.59 Å². The highest BCUT2D eigenvalue weighted by molar-refractivity contribution is 5.86. The minimum absolute atomic E-state index is 0.000969. The Morgan fingerprint density at radius 1 is 1.11 bits per heavy atom. The normalized spacial score (nSPS) is 31.5. The number of likely N-dealkylation sites (tertiary alicyclic amines) is 1. The van der Waals surface area contributed by atoms with E-state index in [1.165, 1.54) is 18.4 Å². The van der Waals surface area contributed by atoms with Crippen molar-refractivity contribution in [2.75, 3.05) is 13.1 Å². The summed E-state index contributed by atoms with van der Waals surface area (Å²) in [6.07, 6.45) is 3.38. The van der Waals surface area contributed by atoms with Crippen LogP contribution in [0.4, 0.5) is 0 Å². The molecular formula is C24H34N2O2. The SMILES string of the molecule is CC(C)[C@@H]1CCC[C@H]1C(=O)N1CC(NC(=O)[C@@H]2[C@@H](c3ccccc3)C2(C)C)C1. The first kappa shape index (κ1) is 19.5. The fourth-order valence-electron chi connectivity index (χ4n) is 5.78. The third-order valence-electron chi connectivity index (χ3n) is 7.55. The summed E-state index contributed by atoms with van der Waals surface area (Å²) in [5, 5.41) is 3.21. The van der Waals surface area contributed by atoms with Crippen molar-refractivity contribution >= 4 is 11.8 Å². The van der Waals surface area contributed by atoms with Crippen LogP contribution in [0, 0.1) is 29.1 Å². The maximum atomic E-state index is 12.9. The molecule has 0 bridgehead atoms. The molecule has 2 amide bonds. The Labute approximate surface area is 169 Å². The van der Waals surface area contributed by atoms with Gasteiger partial charge in [0, 0.05) is 24.9 Å². The van der Waals surface area contributed by atoms with Crippen LogP contribution in [-0.4, -0.2) is 35.8 Å². The second-order valence-corrected chi connectivity index (χ2v) is 10.1. The van der Waals surface area contributed by atoms with E-state index in [9.17, 15) is 9.59 Å². The predicted molar refractivity (Wildman–Crippen MR) is 111 cm³/mol. The molecular weight excluding hydrogens is 348 g/mol. The molecule has 1 saturated heterocycles. The molecule has 3 aliphatic rings. The molecule has 4 atom stereocenters. The second-order valence-electron chi connectivity index (χ2n) is 10.1. The predicted octanol–water partition coefficient (Wildman–Crippen LogP) is 3.83. The number of carbonyl (C=O) groups excluding carboxylic acids is 2. The molecule has 1 aromatic rings. The maximum Gasteiger partial charge on any atom is 0.226 e. The topological polar surface area (TPSA) is 49.4 Å². The summed E-state index contributed by atoms with van der Waals surface area (Å²) in [6.45, 7) is 10.2. The molecule has 152 valence electrons. The molecule has 0 radical (unpaired) electrons. The lowest BCUT2D eigenvalue weighted by atomic mass is 9.84. The third kappa shape index (κ3) is 3.35. The van der Waals surface area contributed by atoms with Gasteiger partial charge in [-0.2, -0.15) is 0 Å². The largest absolute Gasteiger partial charge is 0.350 e. The summed E-state index contributed by atoms with van der Waals surface area (Å²) >= 11 is 0. The van der Waals surface area contributed by atoms with E-state index >= 15 is 0 Å². The van der Waals surface area contributed by atoms with E-state index in [2.05, 4.69) is 45.1 Å². The molecule has 2 aliphatic carbocycles. The Bertz CT molecular complexity index is 736. The molecule has 1 aliphatic heterocycles. The zero-order valence-corrected chi connectivity index (χ0v) is 17.7. The van der Waals surface area contributed by atoms with Gasteiger partial charge in [0.15, 0.2) is 0 Å². The molecule has 1 heterocycles. The minimum Gasteiger partial charge on any atom is -0.350 e. The minimum atomic E-state index is -0.000969. The van der Waals surface area contributed by atoms with Crippen molar-refractivity contribution in [3.63, 3.8) is 0 Å². The van der Waals surface area contributed by atoms with Crippen LogP contribution < -0.4 is 5.32 Å². The van der Waals surface area contributed by atoms with Gasteiger partial charge in [0.25, 0.3) is 0 Å². The number of rotatable bonds is 5. The zero-order valence-electron chi connectivity index (χ0n) is 17.7. The summed E-state index contributed by atoms with van der Waals surface area (Å²) in [5.41, 5.74) is 1.25. The van der Waals surface area contributed by atoms with Crippen molar-refractivity contribution in [2.24, 2.45) is 29.1 Å². The Hall–Kier alpha value is -1.84. The summed E-state index contributed by atoms with van der Waals surface area (Å²) in [4.78, 5) is 27.7. The Kier molecular flexibility index (Phi) is 5.01. The number of carbonyl (C=O) groups is 2. The Morgan fingerprint density at radius 3 is 2.43 bits per heavy atom. The molecule has 0 aromatic heterocycles. The third-order valence-corrected chi connectivity index (χ3v) is 7.55. The van der Waals surface area contributed by atoms with E-state index in [1.54, 1.807) is 0 Å². The molecule has 1 aromatic carbocycles. The van der Waals surface area contributed by atoms with E-state index < -0.39 is 0 Å². The molecule has 4 heteroatoms. The number of hydrogen-bond donors (Lipinski definition) is 1. The summed E-state index contributed by atoms with van der Waals surface area (Å²) in [5.74, 6) is 2.07. The summed E-state index contributed by atoms with van der Waals surface area (Å²) in [6, 6.07) is 10.5. The van der Waals surface area contributed by atoms with Crippen LogP contribution in [0.1, 0.15) is 58.4 Å². The van der Waals surface area contributed by atoms with E-state index in [0.717, 1.165) is 6.42 Å². The number of hydrogen-bond acceptors (Lipinski definition) is 2. The molecule has 0 spiro atoms. The zero-order chi connectivity index (χ0) is 20.1. The van der Waals surface area contributed by atoms with Gasteiger partial charge in [-0.05, 0) is 35.7 Å². The van der Waals surface area contributed by atoms with Crippen LogP contribution in [0.2, 0.25) is 0 Å². The highest BCUT2D eigenvalue weighted by Crippen LogP contribution is 2.64. The quantitative estimate of drug-likeness (QED) is 0.841. The van der Waals surface area contributed by atoms with E-state index in [4.69, 9.17) is 0 Å². The first-order chi connectivity index (χ1) is 13.3. The lowest BCUT2D eigenvalue weighted by Gasteiger charge is -2.42. The highest BCUT2D eigenvalue weighted by Gasteiger charge is 2.62. The average Bonchev–Trinajstić information content (AvgIpc) is 2.98. The molecule has 2 saturated carbocycles. The van der Waals surface area contributed by atoms with Crippen molar-refractivity contribution in [3.05, 3.63) is 35.9 Å².